The standard InChI is InChI=1S/C20H28N6O2/c1-2-4-18(26-11-15-28-16-12-26)17(3-1)23-20-22-6-5-19(24-20)21-7-8-25-9-13-27-14-10-25/h1-6H,7-16H2,(H2,21,22,23,24). The first-order chi connectivity index (χ1) is 13.9. The maximum Gasteiger partial charge on any atom is 0.229 e. The normalized spacial score (nSPS) is 18.1. The van der Waals surface area contributed by atoms with Gasteiger partial charge in [-0.15, -0.1) is 0 Å². The minimum Gasteiger partial charge on any atom is -0.379 e. The van der Waals surface area contributed by atoms with Gasteiger partial charge in [-0.3, -0.25) is 4.90 Å². The quantitative estimate of drug-likeness (QED) is 0.749. The summed E-state index contributed by atoms with van der Waals surface area (Å²) in [7, 11) is 0. The van der Waals surface area contributed by atoms with Crippen LogP contribution in [0.4, 0.5) is 23.1 Å². The molecule has 150 valence electrons. The van der Waals surface area contributed by atoms with Crippen molar-refractivity contribution in [2.75, 3.05) is 81.2 Å². The molecular formula is C20H28N6O2. The summed E-state index contributed by atoms with van der Waals surface area (Å²) in [5.74, 6) is 1.42. The van der Waals surface area contributed by atoms with Gasteiger partial charge in [0.2, 0.25) is 5.95 Å². The molecule has 2 fully saturated rings. The molecule has 2 saturated heterocycles. The highest BCUT2D eigenvalue weighted by Crippen LogP contribution is 2.28. The van der Waals surface area contributed by atoms with Crippen LogP contribution in [-0.2, 0) is 9.47 Å². The Morgan fingerprint density at radius 3 is 2.50 bits per heavy atom. The van der Waals surface area contributed by atoms with Crippen LogP contribution in [0.3, 0.4) is 0 Å². The molecule has 2 aliphatic rings. The molecule has 4 rings (SSSR count). The number of ether oxygens (including phenoxy) is 2. The number of morpholine rings is 2. The lowest BCUT2D eigenvalue weighted by Crippen LogP contribution is -2.39. The smallest absolute Gasteiger partial charge is 0.229 e. The number of anilines is 4. The van der Waals surface area contributed by atoms with Crippen LogP contribution < -0.4 is 15.5 Å². The van der Waals surface area contributed by atoms with Crippen molar-refractivity contribution in [2.24, 2.45) is 0 Å². The molecule has 8 nitrogen and oxygen atoms in total. The monoisotopic (exact) mass is 384 g/mol. The van der Waals surface area contributed by atoms with Crippen LogP contribution in [0, 0.1) is 0 Å². The van der Waals surface area contributed by atoms with Crippen molar-refractivity contribution < 1.29 is 9.47 Å². The topological polar surface area (TPSA) is 74.8 Å². The molecule has 1 aromatic carbocycles. The Hall–Kier alpha value is -2.42. The van der Waals surface area contributed by atoms with Gasteiger partial charge in [0.25, 0.3) is 0 Å². The van der Waals surface area contributed by atoms with Gasteiger partial charge < -0.3 is 25.0 Å². The number of hydrogen-bond acceptors (Lipinski definition) is 8. The van der Waals surface area contributed by atoms with Crippen LogP contribution in [0.25, 0.3) is 0 Å². The van der Waals surface area contributed by atoms with E-state index >= 15 is 0 Å². The Kier molecular flexibility index (Phi) is 6.54. The number of para-hydroxylation sites is 2. The van der Waals surface area contributed by atoms with E-state index in [4.69, 9.17) is 9.47 Å². The zero-order valence-corrected chi connectivity index (χ0v) is 16.1. The first kappa shape index (κ1) is 18.9. The van der Waals surface area contributed by atoms with Crippen molar-refractivity contribution in [1.82, 2.24) is 14.9 Å². The lowest BCUT2D eigenvalue weighted by Gasteiger charge is -2.30. The summed E-state index contributed by atoms with van der Waals surface area (Å²) in [5, 5.41) is 6.77. The summed E-state index contributed by atoms with van der Waals surface area (Å²) in [5.41, 5.74) is 2.16. The lowest BCUT2D eigenvalue weighted by atomic mass is 10.2. The van der Waals surface area contributed by atoms with E-state index in [2.05, 4.69) is 48.6 Å². The number of rotatable bonds is 7. The van der Waals surface area contributed by atoms with Crippen molar-refractivity contribution in [3.05, 3.63) is 36.5 Å². The predicted molar refractivity (Wildman–Crippen MR) is 111 cm³/mol. The largest absolute Gasteiger partial charge is 0.379 e. The first-order valence-corrected chi connectivity index (χ1v) is 9.94. The maximum atomic E-state index is 5.47. The summed E-state index contributed by atoms with van der Waals surface area (Å²) < 4.78 is 10.9. The van der Waals surface area contributed by atoms with E-state index in [1.165, 1.54) is 0 Å². The third-order valence-corrected chi connectivity index (χ3v) is 5.00. The molecule has 0 spiro atoms. The maximum absolute atomic E-state index is 5.47. The Morgan fingerprint density at radius 1 is 0.929 bits per heavy atom. The van der Waals surface area contributed by atoms with Gasteiger partial charge in [-0.25, -0.2) is 4.98 Å². The summed E-state index contributed by atoms with van der Waals surface area (Å²) in [6.45, 7) is 8.77. The lowest BCUT2D eigenvalue weighted by molar-refractivity contribution is 0.0398. The van der Waals surface area contributed by atoms with E-state index in [0.717, 1.165) is 82.9 Å². The highest BCUT2D eigenvalue weighted by atomic mass is 16.5. The minimum absolute atomic E-state index is 0.595. The Bertz CT molecular complexity index is 747. The van der Waals surface area contributed by atoms with Gasteiger partial charge >= 0.3 is 0 Å². The average Bonchev–Trinajstić information content (AvgIpc) is 2.76. The molecule has 2 aliphatic heterocycles. The second kappa shape index (κ2) is 9.68. The minimum atomic E-state index is 0.595. The zero-order valence-electron chi connectivity index (χ0n) is 16.1. The van der Waals surface area contributed by atoms with Gasteiger partial charge in [0.05, 0.1) is 37.8 Å². The molecule has 2 N–H and O–H groups in total. The van der Waals surface area contributed by atoms with Crippen molar-refractivity contribution >= 4 is 23.1 Å². The number of nitrogens with one attached hydrogen (secondary N) is 2. The zero-order chi connectivity index (χ0) is 19.0. The Balaban J connectivity index is 1.37. The SMILES string of the molecule is c1ccc(N2CCOCC2)c(Nc2nccc(NCCN3CCOCC3)n2)c1. The molecule has 0 radical (unpaired) electrons. The molecule has 3 heterocycles. The van der Waals surface area contributed by atoms with Gasteiger partial charge in [-0.1, -0.05) is 12.1 Å². The van der Waals surface area contributed by atoms with E-state index in [0.29, 0.717) is 5.95 Å². The van der Waals surface area contributed by atoms with E-state index in [1.54, 1.807) is 6.20 Å². The van der Waals surface area contributed by atoms with E-state index in [1.807, 2.05) is 12.1 Å². The van der Waals surface area contributed by atoms with E-state index in [-0.39, 0.29) is 0 Å². The van der Waals surface area contributed by atoms with Crippen molar-refractivity contribution in [2.45, 2.75) is 0 Å². The molecule has 28 heavy (non-hydrogen) atoms. The van der Waals surface area contributed by atoms with Gasteiger partial charge in [-0.05, 0) is 18.2 Å². The number of nitrogens with zero attached hydrogens (tertiary/aromatic N) is 4. The fourth-order valence-electron chi connectivity index (χ4n) is 3.46. The third kappa shape index (κ3) is 5.09. The van der Waals surface area contributed by atoms with Crippen LogP contribution in [0.5, 0.6) is 0 Å². The Morgan fingerprint density at radius 2 is 1.68 bits per heavy atom. The van der Waals surface area contributed by atoms with Crippen LogP contribution in [0.15, 0.2) is 36.5 Å². The van der Waals surface area contributed by atoms with Crippen molar-refractivity contribution in [3.63, 3.8) is 0 Å². The van der Waals surface area contributed by atoms with E-state index in [9.17, 15) is 0 Å². The fraction of sp³-hybridized carbons (Fsp3) is 0.500. The summed E-state index contributed by atoms with van der Waals surface area (Å²) in [6.07, 6.45) is 1.78. The molecule has 0 atom stereocenters. The third-order valence-electron chi connectivity index (χ3n) is 5.00. The molecule has 0 bridgehead atoms. The highest BCUT2D eigenvalue weighted by molar-refractivity contribution is 5.73. The molecule has 0 amide bonds. The van der Waals surface area contributed by atoms with Crippen LogP contribution >= 0.6 is 0 Å². The van der Waals surface area contributed by atoms with E-state index < -0.39 is 0 Å². The van der Waals surface area contributed by atoms with Gasteiger partial charge in [-0.2, -0.15) is 4.98 Å². The molecule has 0 aliphatic carbocycles. The molecule has 2 aromatic rings. The summed E-state index contributed by atoms with van der Waals surface area (Å²) in [6, 6.07) is 10.2. The van der Waals surface area contributed by atoms with Crippen molar-refractivity contribution in [1.29, 1.82) is 0 Å². The van der Waals surface area contributed by atoms with Crippen molar-refractivity contribution in [3.8, 4) is 0 Å². The number of benzene rings is 1. The second-order valence-electron chi connectivity index (χ2n) is 6.89. The number of aromatic nitrogens is 2. The van der Waals surface area contributed by atoms with Crippen LogP contribution in [0.1, 0.15) is 0 Å². The van der Waals surface area contributed by atoms with Crippen LogP contribution in [-0.4, -0.2) is 80.6 Å². The van der Waals surface area contributed by atoms with Gasteiger partial charge in [0.1, 0.15) is 5.82 Å². The summed E-state index contributed by atoms with van der Waals surface area (Å²) >= 11 is 0. The van der Waals surface area contributed by atoms with Gasteiger partial charge in [0.15, 0.2) is 0 Å². The molecular weight excluding hydrogens is 356 g/mol. The average molecular weight is 384 g/mol. The Labute approximate surface area is 165 Å². The first-order valence-electron chi connectivity index (χ1n) is 9.94. The molecule has 8 heteroatoms. The second-order valence-corrected chi connectivity index (χ2v) is 6.89. The summed E-state index contributed by atoms with van der Waals surface area (Å²) in [4.78, 5) is 13.7. The highest BCUT2D eigenvalue weighted by Gasteiger charge is 2.15. The fourth-order valence-corrected chi connectivity index (χ4v) is 3.46. The molecule has 1 aromatic heterocycles. The van der Waals surface area contributed by atoms with Gasteiger partial charge in [0, 0.05) is 45.5 Å². The predicted octanol–water partition coefficient (Wildman–Crippen LogP) is 1.80. The number of hydrogen-bond donors (Lipinski definition) is 2. The molecule has 0 saturated carbocycles. The molecule has 0 unspecified atom stereocenters. The van der Waals surface area contributed by atoms with Crippen LogP contribution in [0.2, 0.25) is 0 Å².